The molecular weight excluding hydrogens is 269 g/mol. The van der Waals surface area contributed by atoms with E-state index in [0.29, 0.717) is 11.3 Å². The number of aryl methyl sites for hydroxylation is 2. The van der Waals surface area contributed by atoms with Gasteiger partial charge in [0, 0.05) is 13.5 Å². The summed E-state index contributed by atoms with van der Waals surface area (Å²) in [7, 11) is 1.69. The van der Waals surface area contributed by atoms with Crippen LogP contribution in [0.25, 0.3) is 0 Å². The van der Waals surface area contributed by atoms with E-state index in [1.54, 1.807) is 26.1 Å². The SMILES string of the molecule is Cc1cc(C(O)Cc2cccc(C(F)(F)F)c2)n(C)n1. The van der Waals surface area contributed by atoms with Crippen molar-refractivity contribution in [2.75, 3.05) is 0 Å². The van der Waals surface area contributed by atoms with Gasteiger partial charge in [0.2, 0.25) is 0 Å². The summed E-state index contributed by atoms with van der Waals surface area (Å²) in [5.41, 5.74) is 1.07. The molecular formula is C14H15F3N2O. The van der Waals surface area contributed by atoms with Gasteiger partial charge in [0.1, 0.15) is 0 Å². The Labute approximate surface area is 114 Å². The quantitative estimate of drug-likeness (QED) is 0.940. The van der Waals surface area contributed by atoms with Crippen LogP contribution in [0, 0.1) is 6.92 Å². The van der Waals surface area contributed by atoms with Crippen molar-refractivity contribution in [2.45, 2.75) is 25.6 Å². The average Bonchev–Trinajstić information content (AvgIpc) is 2.68. The summed E-state index contributed by atoms with van der Waals surface area (Å²) in [6, 6.07) is 6.72. The Morgan fingerprint density at radius 2 is 2.00 bits per heavy atom. The van der Waals surface area contributed by atoms with Crippen molar-refractivity contribution in [1.82, 2.24) is 9.78 Å². The first-order valence-corrected chi connectivity index (χ1v) is 6.12. The number of hydrogen-bond donors (Lipinski definition) is 1. The van der Waals surface area contributed by atoms with Gasteiger partial charge < -0.3 is 5.11 Å². The van der Waals surface area contributed by atoms with Gasteiger partial charge in [-0.3, -0.25) is 4.68 Å². The van der Waals surface area contributed by atoms with Crippen LogP contribution >= 0.6 is 0 Å². The topological polar surface area (TPSA) is 38.0 Å². The molecule has 1 heterocycles. The molecule has 6 heteroatoms. The third-order valence-electron chi connectivity index (χ3n) is 3.06. The van der Waals surface area contributed by atoms with E-state index in [1.807, 2.05) is 0 Å². The Hall–Kier alpha value is -1.82. The number of halogens is 3. The highest BCUT2D eigenvalue weighted by molar-refractivity contribution is 5.27. The molecule has 0 aliphatic heterocycles. The zero-order chi connectivity index (χ0) is 14.9. The molecule has 0 spiro atoms. The van der Waals surface area contributed by atoms with Crippen LogP contribution in [-0.2, 0) is 19.6 Å². The number of aliphatic hydroxyl groups is 1. The molecule has 1 unspecified atom stereocenters. The number of aromatic nitrogens is 2. The van der Waals surface area contributed by atoms with Gasteiger partial charge in [-0.05, 0) is 24.6 Å². The highest BCUT2D eigenvalue weighted by atomic mass is 19.4. The molecule has 3 nitrogen and oxygen atoms in total. The monoisotopic (exact) mass is 284 g/mol. The number of alkyl halides is 3. The first-order valence-electron chi connectivity index (χ1n) is 6.12. The van der Waals surface area contributed by atoms with Crippen molar-refractivity contribution in [3.05, 3.63) is 52.8 Å². The molecule has 1 aromatic carbocycles. The molecule has 0 amide bonds. The maximum Gasteiger partial charge on any atom is 0.416 e. The Morgan fingerprint density at radius 1 is 1.30 bits per heavy atom. The normalized spacial score (nSPS) is 13.5. The fraction of sp³-hybridized carbons (Fsp3) is 0.357. The van der Waals surface area contributed by atoms with Crippen LogP contribution < -0.4 is 0 Å². The standard InChI is InChI=1S/C14H15F3N2O/c1-9-6-12(19(2)18-9)13(20)8-10-4-3-5-11(7-10)14(15,16)17/h3-7,13,20H,8H2,1-2H3. The van der Waals surface area contributed by atoms with Gasteiger partial charge in [0.15, 0.2) is 0 Å². The first-order chi connectivity index (χ1) is 9.27. The van der Waals surface area contributed by atoms with Crippen LogP contribution in [0.2, 0.25) is 0 Å². The average molecular weight is 284 g/mol. The fourth-order valence-electron chi connectivity index (χ4n) is 2.14. The number of nitrogens with zero attached hydrogens (tertiary/aromatic N) is 2. The molecule has 2 aromatic rings. The van der Waals surface area contributed by atoms with Gasteiger partial charge in [-0.1, -0.05) is 18.2 Å². The highest BCUT2D eigenvalue weighted by Gasteiger charge is 2.30. The molecule has 0 saturated carbocycles. The molecule has 0 bridgehead atoms. The summed E-state index contributed by atoms with van der Waals surface area (Å²) in [4.78, 5) is 0. The molecule has 0 aliphatic rings. The minimum atomic E-state index is -4.37. The van der Waals surface area contributed by atoms with Gasteiger partial charge in [-0.15, -0.1) is 0 Å². The molecule has 0 aliphatic carbocycles. The number of rotatable bonds is 3. The lowest BCUT2D eigenvalue weighted by atomic mass is 10.0. The van der Waals surface area contributed by atoms with E-state index in [4.69, 9.17) is 0 Å². The van der Waals surface area contributed by atoms with Crippen molar-refractivity contribution < 1.29 is 18.3 Å². The van der Waals surface area contributed by atoms with Crippen molar-refractivity contribution in [1.29, 1.82) is 0 Å². The summed E-state index contributed by atoms with van der Waals surface area (Å²) >= 11 is 0. The molecule has 1 aromatic heterocycles. The second-order valence-electron chi connectivity index (χ2n) is 4.75. The maximum atomic E-state index is 12.6. The minimum Gasteiger partial charge on any atom is -0.386 e. The van der Waals surface area contributed by atoms with Crippen LogP contribution in [0.5, 0.6) is 0 Å². The van der Waals surface area contributed by atoms with Gasteiger partial charge in [-0.25, -0.2) is 0 Å². The number of benzene rings is 1. The Bertz CT molecular complexity index is 605. The second kappa shape index (κ2) is 5.28. The Balaban J connectivity index is 2.20. The third-order valence-corrected chi connectivity index (χ3v) is 3.06. The van der Waals surface area contributed by atoms with Crippen LogP contribution in [0.1, 0.15) is 28.6 Å². The smallest absolute Gasteiger partial charge is 0.386 e. The molecule has 0 fully saturated rings. The Kier molecular flexibility index (Phi) is 3.85. The fourth-order valence-corrected chi connectivity index (χ4v) is 2.14. The van der Waals surface area contributed by atoms with E-state index in [-0.39, 0.29) is 6.42 Å². The molecule has 0 radical (unpaired) electrons. The summed E-state index contributed by atoms with van der Waals surface area (Å²) in [5.74, 6) is 0. The van der Waals surface area contributed by atoms with Crippen LogP contribution in [-0.4, -0.2) is 14.9 Å². The van der Waals surface area contributed by atoms with Crippen molar-refractivity contribution in [2.24, 2.45) is 7.05 Å². The predicted molar refractivity (Wildman–Crippen MR) is 68.1 cm³/mol. The molecule has 2 rings (SSSR count). The number of aliphatic hydroxyl groups excluding tert-OH is 1. The lowest BCUT2D eigenvalue weighted by molar-refractivity contribution is -0.137. The van der Waals surface area contributed by atoms with Gasteiger partial charge in [0.25, 0.3) is 0 Å². The minimum absolute atomic E-state index is 0.114. The van der Waals surface area contributed by atoms with Gasteiger partial charge in [-0.2, -0.15) is 18.3 Å². The van der Waals surface area contributed by atoms with E-state index in [1.165, 1.54) is 10.7 Å². The lowest BCUT2D eigenvalue weighted by Crippen LogP contribution is -2.09. The highest BCUT2D eigenvalue weighted by Crippen LogP contribution is 2.30. The van der Waals surface area contributed by atoms with E-state index >= 15 is 0 Å². The van der Waals surface area contributed by atoms with E-state index in [2.05, 4.69) is 5.10 Å². The lowest BCUT2D eigenvalue weighted by Gasteiger charge is -2.13. The van der Waals surface area contributed by atoms with Gasteiger partial charge in [0.05, 0.1) is 23.1 Å². The maximum absolute atomic E-state index is 12.6. The van der Waals surface area contributed by atoms with E-state index in [0.717, 1.165) is 17.8 Å². The van der Waals surface area contributed by atoms with Crippen molar-refractivity contribution in [3.8, 4) is 0 Å². The van der Waals surface area contributed by atoms with E-state index in [9.17, 15) is 18.3 Å². The van der Waals surface area contributed by atoms with Gasteiger partial charge >= 0.3 is 6.18 Å². The summed E-state index contributed by atoms with van der Waals surface area (Å²) in [5, 5.41) is 14.2. The molecule has 1 N–H and O–H groups in total. The molecule has 108 valence electrons. The Morgan fingerprint density at radius 3 is 2.55 bits per heavy atom. The van der Waals surface area contributed by atoms with Crippen LogP contribution in [0.3, 0.4) is 0 Å². The number of hydrogen-bond acceptors (Lipinski definition) is 2. The van der Waals surface area contributed by atoms with Crippen molar-refractivity contribution >= 4 is 0 Å². The van der Waals surface area contributed by atoms with Crippen LogP contribution in [0.15, 0.2) is 30.3 Å². The third kappa shape index (κ3) is 3.19. The van der Waals surface area contributed by atoms with E-state index < -0.39 is 17.8 Å². The zero-order valence-electron chi connectivity index (χ0n) is 11.1. The first kappa shape index (κ1) is 14.6. The zero-order valence-corrected chi connectivity index (χ0v) is 11.1. The summed E-state index contributed by atoms with van der Waals surface area (Å²) in [6.07, 6.45) is -5.14. The largest absolute Gasteiger partial charge is 0.416 e. The predicted octanol–water partition coefficient (Wildman–Crippen LogP) is 3.02. The molecule has 20 heavy (non-hydrogen) atoms. The summed E-state index contributed by atoms with van der Waals surface area (Å²) in [6.45, 7) is 1.79. The van der Waals surface area contributed by atoms with Crippen LogP contribution in [0.4, 0.5) is 13.2 Å². The molecule has 0 saturated heterocycles. The van der Waals surface area contributed by atoms with Crippen molar-refractivity contribution in [3.63, 3.8) is 0 Å². The molecule has 1 atom stereocenters. The summed E-state index contributed by atoms with van der Waals surface area (Å²) < 4.78 is 39.4. The second-order valence-corrected chi connectivity index (χ2v) is 4.75.